The summed E-state index contributed by atoms with van der Waals surface area (Å²) >= 11 is 0. The number of nitrogens with one attached hydrogen (secondary N) is 3. The number of amides is 2. The SMILES string of the molecule is O=C(Cc1ccccc1F)NNC(=O)c1cccc(S(=O)(=O)Nc2cccc(C(F)(F)F)c2)c1. The van der Waals surface area contributed by atoms with Gasteiger partial charge in [0, 0.05) is 11.3 Å². The highest BCUT2D eigenvalue weighted by atomic mass is 32.2. The van der Waals surface area contributed by atoms with Gasteiger partial charge in [0.05, 0.1) is 16.9 Å². The van der Waals surface area contributed by atoms with E-state index in [0.29, 0.717) is 6.07 Å². The highest BCUT2D eigenvalue weighted by Gasteiger charge is 2.30. The summed E-state index contributed by atoms with van der Waals surface area (Å²) in [4.78, 5) is 23.9. The standard InChI is InChI=1S/C22H17F4N3O4S/c23-19-10-2-1-5-14(19)12-20(30)27-28-21(31)15-6-3-9-18(11-15)34(32,33)29-17-8-4-7-16(13-17)22(24,25)26/h1-11,13,29H,12H2,(H,27,30)(H,28,31). The highest BCUT2D eigenvalue weighted by molar-refractivity contribution is 7.92. The van der Waals surface area contributed by atoms with Crippen molar-refractivity contribution < 1.29 is 35.6 Å². The fourth-order valence-electron chi connectivity index (χ4n) is 2.84. The summed E-state index contributed by atoms with van der Waals surface area (Å²) in [5.41, 5.74) is 2.80. The highest BCUT2D eigenvalue weighted by Crippen LogP contribution is 2.31. The molecule has 0 saturated heterocycles. The zero-order valence-corrected chi connectivity index (χ0v) is 18.0. The van der Waals surface area contributed by atoms with Crippen LogP contribution in [0, 0.1) is 5.82 Å². The van der Waals surface area contributed by atoms with Crippen molar-refractivity contribution in [1.29, 1.82) is 0 Å². The second-order valence-electron chi connectivity index (χ2n) is 6.98. The van der Waals surface area contributed by atoms with Gasteiger partial charge in [-0.25, -0.2) is 12.8 Å². The van der Waals surface area contributed by atoms with Gasteiger partial charge in [0.15, 0.2) is 0 Å². The van der Waals surface area contributed by atoms with Gasteiger partial charge in [0.2, 0.25) is 5.91 Å². The molecule has 2 amide bonds. The van der Waals surface area contributed by atoms with Crippen LogP contribution in [-0.2, 0) is 27.4 Å². The number of hydrazine groups is 1. The number of halogens is 4. The van der Waals surface area contributed by atoms with E-state index in [0.717, 1.165) is 30.3 Å². The predicted molar refractivity (Wildman–Crippen MR) is 114 cm³/mol. The van der Waals surface area contributed by atoms with E-state index in [-0.39, 0.29) is 23.2 Å². The molecule has 0 unspecified atom stereocenters. The molecule has 0 spiro atoms. The van der Waals surface area contributed by atoms with Crippen LogP contribution in [0.2, 0.25) is 0 Å². The van der Waals surface area contributed by atoms with Crippen LogP contribution in [0.5, 0.6) is 0 Å². The molecule has 34 heavy (non-hydrogen) atoms. The van der Waals surface area contributed by atoms with Crippen molar-refractivity contribution in [2.75, 3.05) is 4.72 Å². The Balaban J connectivity index is 1.68. The number of benzene rings is 3. The van der Waals surface area contributed by atoms with Gasteiger partial charge >= 0.3 is 6.18 Å². The van der Waals surface area contributed by atoms with E-state index in [4.69, 9.17) is 0 Å². The number of anilines is 1. The summed E-state index contributed by atoms with van der Waals surface area (Å²) in [6.07, 6.45) is -5.00. The first-order valence-electron chi connectivity index (χ1n) is 9.58. The largest absolute Gasteiger partial charge is 0.416 e. The third-order valence-corrected chi connectivity index (χ3v) is 5.85. The predicted octanol–water partition coefficient (Wildman–Crippen LogP) is 3.65. The number of sulfonamides is 1. The molecule has 7 nitrogen and oxygen atoms in total. The van der Waals surface area contributed by atoms with Gasteiger partial charge in [-0.05, 0) is 48.0 Å². The first-order chi connectivity index (χ1) is 16.0. The van der Waals surface area contributed by atoms with Crippen molar-refractivity contribution in [2.24, 2.45) is 0 Å². The minimum Gasteiger partial charge on any atom is -0.280 e. The first kappa shape index (κ1) is 24.7. The zero-order chi connectivity index (χ0) is 24.9. The van der Waals surface area contributed by atoms with Crippen molar-refractivity contribution >= 4 is 27.5 Å². The quantitative estimate of drug-likeness (QED) is 0.359. The van der Waals surface area contributed by atoms with Gasteiger partial charge < -0.3 is 0 Å². The second kappa shape index (κ2) is 9.91. The minimum atomic E-state index is -4.66. The topological polar surface area (TPSA) is 104 Å². The van der Waals surface area contributed by atoms with Crippen LogP contribution < -0.4 is 15.6 Å². The number of hydrogen-bond acceptors (Lipinski definition) is 4. The molecule has 178 valence electrons. The minimum absolute atomic E-state index is 0.114. The molecule has 0 radical (unpaired) electrons. The van der Waals surface area contributed by atoms with Gasteiger partial charge in [-0.3, -0.25) is 25.2 Å². The molecule has 3 aromatic rings. The lowest BCUT2D eigenvalue weighted by molar-refractivity contribution is -0.137. The Hall–Kier alpha value is -3.93. The van der Waals surface area contributed by atoms with E-state index < -0.39 is 44.3 Å². The third kappa shape index (κ3) is 6.32. The smallest absolute Gasteiger partial charge is 0.280 e. The summed E-state index contributed by atoms with van der Waals surface area (Å²) in [6, 6.07) is 13.9. The third-order valence-electron chi connectivity index (χ3n) is 4.47. The van der Waals surface area contributed by atoms with E-state index in [9.17, 15) is 35.6 Å². The van der Waals surface area contributed by atoms with Crippen LogP contribution in [0.15, 0.2) is 77.7 Å². The lowest BCUT2D eigenvalue weighted by Gasteiger charge is -2.12. The summed E-state index contributed by atoms with van der Waals surface area (Å²) in [5.74, 6) is -2.17. The van der Waals surface area contributed by atoms with Crippen molar-refractivity contribution in [3.8, 4) is 0 Å². The molecule has 0 aliphatic heterocycles. The van der Waals surface area contributed by atoms with Gasteiger partial charge in [-0.2, -0.15) is 13.2 Å². The molecule has 0 heterocycles. The molecule has 0 aliphatic rings. The monoisotopic (exact) mass is 495 g/mol. The Morgan fingerprint density at radius 1 is 0.853 bits per heavy atom. The van der Waals surface area contributed by atoms with Gasteiger partial charge in [-0.1, -0.05) is 30.3 Å². The maximum absolute atomic E-state index is 13.6. The lowest BCUT2D eigenvalue weighted by Crippen LogP contribution is -2.42. The molecular weight excluding hydrogens is 478 g/mol. The van der Waals surface area contributed by atoms with E-state index in [1.807, 2.05) is 4.72 Å². The molecule has 0 saturated carbocycles. The summed E-state index contributed by atoms with van der Waals surface area (Å²) in [5, 5.41) is 0. The fourth-order valence-corrected chi connectivity index (χ4v) is 3.93. The van der Waals surface area contributed by atoms with Crippen LogP contribution in [-0.4, -0.2) is 20.2 Å². The summed E-state index contributed by atoms with van der Waals surface area (Å²) < 4.78 is 79.5. The van der Waals surface area contributed by atoms with Crippen LogP contribution in [0.3, 0.4) is 0 Å². The van der Waals surface area contributed by atoms with Crippen LogP contribution in [0.25, 0.3) is 0 Å². The maximum atomic E-state index is 13.6. The van der Waals surface area contributed by atoms with Crippen molar-refractivity contribution in [3.05, 3.63) is 95.3 Å². The molecule has 3 N–H and O–H groups in total. The molecule has 12 heteroatoms. The van der Waals surface area contributed by atoms with E-state index >= 15 is 0 Å². The summed E-state index contributed by atoms with van der Waals surface area (Å²) in [7, 11) is -4.33. The molecule has 0 aromatic heterocycles. The number of carbonyl (C=O) groups is 2. The Bertz CT molecular complexity index is 1330. The molecule has 0 aliphatic carbocycles. The molecule has 0 bridgehead atoms. The summed E-state index contributed by atoms with van der Waals surface area (Å²) in [6.45, 7) is 0. The van der Waals surface area contributed by atoms with Crippen LogP contribution >= 0.6 is 0 Å². The van der Waals surface area contributed by atoms with Gasteiger partial charge in [-0.15, -0.1) is 0 Å². The van der Waals surface area contributed by atoms with Crippen LogP contribution in [0.4, 0.5) is 23.2 Å². The van der Waals surface area contributed by atoms with E-state index in [1.54, 1.807) is 6.07 Å². The Morgan fingerprint density at radius 3 is 2.26 bits per heavy atom. The number of carbonyl (C=O) groups excluding carboxylic acids is 2. The molecule has 3 rings (SSSR count). The Morgan fingerprint density at radius 2 is 1.56 bits per heavy atom. The second-order valence-corrected chi connectivity index (χ2v) is 8.66. The van der Waals surface area contributed by atoms with Gasteiger partial charge in [0.1, 0.15) is 5.82 Å². The Labute approximate surface area is 191 Å². The maximum Gasteiger partial charge on any atom is 0.416 e. The van der Waals surface area contributed by atoms with Crippen molar-refractivity contribution in [1.82, 2.24) is 10.9 Å². The van der Waals surface area contributed by atoms with Crippen molar-refractivity contribution in [2.45, 2.75) is 17.5 Å². The molecular formula is C22H17F4N3O4S. The average Bonchev–Trinajstić information content (AvgIpc) is 2.78. The lowest BCUT2D eigenvalue weighted by atomic mass is 10.1. The number of hydrogen-bond donors (Lipinski definition) is 3. The normalized spacial score (nSPS) is 11.5. The van der Waals surface area contributed by atoms with Crippen molar-refractivity contribution in [3.63, 3.8) is 0 Å². The van der Waals surface area contributed by atoms with E-state index in [1.165, 1.54) is 30.3 Å². The Kier molecular flexibility index (Phi) is 7.20. The molecule has 0 fully saturated rings. The average molecular weight is 495 g/mol. The first-order valence-corrected chi connectivity index (χ1v) is 11.1. The molecule has 0 atom stereocenters. The van der Waals surface area contributed by atoms with E-state index in [2.05, 4.69) is 10.9 Å². The number of alkyl halides is 3. The zero-order valence-electron chi connectivity index (χ0n) is 17.2. The van der Waals surface area contributed by atoms with Crippen LogP contribution in [0.1, 0.15) is 21.5 Å². The van der Waals surface area contributed by atoms with Gasteiger partial charge in [0.25, 0.3) is 15.9 Å². The fraction of sp³-hybridized carbons (Fsp3) is 0.0909. The molecule has 3 aromatic carbocycles. The number of rotatable bonds is 6.